The molecule has 0 heterocycles. The van der Waals surface area contributed by atoms with E-state index >= 15 is 0 Å². The molecular formula is C18H33NO3. The summed E-state index contributed by atoms with van der Waals surface area (Å²) in [5.74, 6) is -1.13. The number of amides is 1. The Hall–Kier alpha value is -1.32. The molecule has 22 heavy (non-hydrogen) atoms. The first-order chi connectivity index (χ1) is 10.5. The van der Waals surface area contributed by atoms with Crippen molar-refractivity contribution in [1.82, 2.24) is 4.90 Å². The summed E-state index contributed by atoms with van der Waals surface area (Å²) in [6, 6.07) is -0.765. The van der Waals surface area contributed by atoms with E-state index in [2.05, 4.69) is 6.92 Å². The first kappa shape index (κ1) is 20.7. The van der Waals surface area contributed by atoms with Gasteiger partial charge in [-0.1, -0.05) is 64.9 Å². The summed E-state index contributed by atoms with van der Waals surface area (Å²) >= 11 is 0. The number of carbonyl (C=O) groups excluding carboxylic acids is 1. The van der Waals surface area contributed by atoms with Crippen molar-refractivity contribution in [3.63, 3.8) is 0 Å². The first-order valence-electron chi connectivity index (χ1n) is 8.74. The van der Waals surface area contributed by atoms with Crippen LogP contribution in [0.1, 0.15) is 78.6 Å². The highest BCUT2D eigenvalue weighted by Gasteiger charge is 2.23. The summed E-state index contributed by atoms with van der Waals surface area (Å²) in [7, 11) is 0. The van der Waals surface area contributed by atoms with E-state index < -0.39 is 12.0 Å². The topological polar surface area (TPSA) is 57.6 Å². The lowest BCUT2D eigenvalue weighted by molar-refractivity contribution is -0.147. The van der Waals surface area contributed by atoms with E-state index in [1.165, 1.54) is 36.7 Å². The van der Waals surface area contributed by atoms with E-state index in [1.54, 1.807) is 6.92 Å². The second-order valence-electron chi connectivity index (χ2n) is 5.86. The maximum atomic E-state index is 12.1. The van der Waals surface area contributed by atoms with Crippen LogP contribution < -0.4 is 0 Å². The number of carboxylic acids is 1. The molecule has 1 atom stereocenters. The minimum Gasteiger partial charge on any atom is -0.480 e. The summed E-state index contributed by atoms with van der Waals surface area (Å²) in [5.41, 5.74) is 0. The molecule has 128 valence electrons. The standard InChI is InChI=1S/C18H33NO3/c1-4-6-8-9-10-11-13-15-19(16(3)18(21)22)17(20)14-12-7-5-2/h12,14,16H,4-11,13,15H2,1-3H3,(H,21,22)/b14-12+/t16-/m0/s1. The zero-order chi connectivity index (χ0) is 16.8. The number of hydrogen-bond acceptors (Lipinski definition) is 2. The van der Waals surface area contributed by atoms with E-state index in [0.717, 1.165) is 32.1 Å². The van der Waals surface area contributed by atoms with Gasteiger partial charge in [-0.2, -0.15) is 0 Å². The van der Waals surface area contributed by atoms with Gasteiger partial charge >= 0.3 is 5.97 Å². The molecule has 0 saturated heterocycles. The summed E-state index contributed by atoms with van der Waals surface area (Å²) in [6.45, 7) is 6.35. The summed E-state index contributed by atoms with van der Waals surface area (Å²) in [5, 5.41) is 9.15. The Morgan fingerprint density at radius 1 is 1.00 bits per heavy atom. The Morgan fingerprint density at radius 2 is 1.59 bits per heavy atom. The van der Waals surface area contributed by atoms with Crippen LogP contribution in [0, 0.1) is 0 Å². The molecule has 0 fully saturated rings. The quantitative estimate of drug-likeness (QED) is 0.405. The van der Waals surface area contributed by atoms with Gasteiger partial charge in [0.05, 0.1) is 0 Å². The predicted molar refractivity (Wildman–Crippen MR) is 90.9 cm³/mol. The third kappa shape index (κ3) is 9.59. The summed E-state index contributed by atoms with van der Waals surface area (Å²) < 4.78 is 0. The highest BCUT2D eigenvalue weighted by atomic mass is 16.4. The van der Waals surface area contributed by atoms with E-state index in [-0.39, 0.29) is 5.91 Å². The van der Waals surface area contributed by atoms with Gasteiger partial charge in [0, 0.05) is 6.54 Å². The fraction of sp³-hybridized carbons (Fsp3) is 0.778. The van der Waals surface area contributed by atoms with Crippen molar-refractivity contribution in [2.45, 2.75) is 84.6 Å². The Labute approximate surface area is 135 Å². The third-order valence-electron chi connectivity index (χ3n) is 3.83. The molecule has 4 nitrogen and oxygen atoms in total. The molecule has 0 aromatic heterocycles. The Bertz CT molecular complexity index is 339. The number of carbonyl (C=O) groups is 2. The molecule has 0 aliphatic carbocycles. The molecule has 0 bridgehead atoms. The summed E-state index contributed by atoms with van der Waals surface area (Å²) in [6.07, 6.45) is 13.3. The van der Waals surface area contributed by atoms with Crippen LogP contribution in [0.2, 0.25) is 0 Å². The van der Waals surface area contributed by atoms with E-state index in [9.17, 15) is 9.59 Å². The van der Waals surface area contributed by atoms with Gasteiger partial charge in [0.25, 0.3) is 0 Å². The maximum absolute atomic E-state index is 12.1. The van der Waals surface area contributed by atoms with Crippen LogP contribution in [0.5, 0.6) is 0 Å². The molecule has 0 aliphatic heterocycles. The Morgan fingerprint density at radius 3 is 2.14 bits per heavy atom. The number of carboxylic acid groups (broad SMARTS) is 1. The number of rotatable bonds is 13. The van der Waals surface area contributed by atoms with Gasteiger partial charge in [0.15, 0.2) is 0 Å². The molecular weight excluding hydrogens is 278 g/mol. The van der Waals surface area contributed by atoms with Gasteiger partial charge in [0.1, 0.15) is 6.04 Å². The van der Waals surface area contributed by atoms with E-state index in [4.69, 9.17) is 5.11 Å². The second-order valence-corrected chi connectivity index (χ2v) is 5.86. The maximum Gasteiger partial charge on any atom is 0.326 e. The molecule has 0 aliphatic rings. The molecule has 0 spiro atoms. The van der Waals surface area contributed by atoms with Crippen molar-refractivity contribution in [2.75, 3.05) is 6.54 Å². The Balaban J connectivity index is 4.25. The molecule has 0 unspecified atom stereocenters. The molecule has 0 aromatic rings. The Kier molecular flexibility index (Phi) is 12.5. The largest absolute Gasteiger partial charge is 0.480 e. The zero-order valence-electron chi connectivity index (χ0n) is 14.5. The highest BCUT2D eigenvalue weighted by molar-refractivity contribution is 5.91. The van der Waals surface area contributed by atoms with Gasteiger partial charge in [-0.3, -0.25) is 4.79 Å². The van der Waals surface area contributed by atoms with E-state index in [0.29, 0.717) is 6.54 Å². The van der Waals surface area contributed by atoms with Crippen molar-refractivity contribution < 1.29 is 14.7 Å². The van der Waals surface area contributed by atoms with Crippen molar-refractivity contribution >= 4 is 11.9 Å². The number of hydrogen-bond donors (Lipinski definition) is 1. The van der Waals surface area contributed by atoms with Crippen LogP contribution in [0.25, 0.3) is 0 Å². The molecule has 1 N–H and O–H groups in total. The fourth-order valence-corrected chi connectivity index (χ4v) is 2.31. The number of aliphatic carboxylic acids is 1. The molecule has 1 amide bonds. The molecule has 0 aromatic carbocycles. The van der Waals surface area contributed by atoms with Crippen LogP contribution >= 0.6 is 0 Å². The average molecular weight is 311 g/mol. The molecule has 0 saturated carbocycles. The van der Waals surface area contributed by atoms with Crippen LogP contribution in [-0.4, -0.2) is 34.5 Å². The van der Waals surface area contributed by atoms with Crippen LogP contribution in [0.15, 0.2) is 12.2 Å². The summed E-state index contributed by atoms with van der Waals surface area (Å²) in [4.78, 5) is 24.8. The minimum absolute atomic E-state index is 0.186. The van der Waals surface area contributed by atoms with Crippen LogP contribution in [-0.2, 0) is 9.59 Å². The SMILES string of the molecule is CCC/C=C/C(=O)N(CCCCCCCCC)[C@@H](C)C(=O)O. The average Bonchev–Trinajstić information content (AvgIpc) is 2.49. The van der Waals surface area contributed by atoms with E-state index in [1.807, 2.05) is 13.0 Å². The smallest absolute Gasteiger partial charge is 0.326 e. The number of allylic oxidation sites excluding steroid dienone is 1. The lowest BCUT2D eigenvalue weighted by atomic mass is 10.1. The van der Waals surface area contributed by atoms with Crippen LogP contribution in [0.4, 0.5) is 0 Å². The van der Waals surface area contributed by atoms with Crippen molar-refractivity contribution in [1.29, 1.82) is 0 Å². The minimum atomic E-state index is -0.944. The van der Waals surface area contributed by atoms with Gasteiger partial charge in [0.2, 0.25) is 5.91 Å². The van der Waals surface area contributed by atoms with Gasteiger partial charge < -0.3 is 10.0 Å². The normalized spacial score (nSPS) is 12.5. The number of unbranched alkanes of at least 4 members (excludes halogenated alkanes) is 7. The lowest BCUT2D eigenvalue weighted by Gasteiger charge is -2.25. The second kappa shape index (κ2) is 13.4. The van der Waals surface area contributed by atoms with Crippen molar-refractivity contribution in [2.24, 2.45) is 0 Å². The number of nitrogens with zero attached hydrogens (tertiary/aromatic N) is 1. The highest BCUT2D eigenvalue weighted by Crippen LogP contribution is 2.10. The lowest BCUT2D eigenvalue weighted by Crippen LogP contribution is -2.43. The zero-order valence-corrected chi connectivity index (χ0v) is 14.5. The van der Waals surface area contributed by atoms with Gasteiger partial charge in [-0.15, -0.1) is 0 Å². The van der Waals surface area contributed by atoms with Crippen LogP contribution in [0.3, 0.4) is 0 Å². The third-order valence-corrected chi connectivity index (χ3v) is 3.83. The molecule has 0 radical (unpaired) electrons. The molecule has 0 rings (SSSR count). The first-order valence-corrected chi connectivity index (χ1v) is 8.74. The fourth-order valence-electron chi connectivity index (χ4n) is 2.31. The van der Waals surface area contributed by atoms with Crippen molar-refractivity contribution in [3.05, 3.63) is 12.2 Å². The molecule has 4 heteroatoms. The van der Waals surface area contributed by atoms with Crippen molar-refractivity contribution in [3.8, 4) is 0 Å². The monoisotopic (exact) mass is 311 g/mol. The van der Waals surface area contributed by atoms with Gasteiger partial charge in [-0.25, -0.2) is 4.79 Å². The predicted octanol–water partition coefficient (Wildman–Crippen LogP) is 4.40. The van der Waals surface area contributed by atoms with Gasteiger partial charge in [-0.05, 0) is 25.8 Å².